The molecule has 0 fully saturated rings. The number of aromatic nitrogens is 4. The molecule has 25 heavy (non-hydrogen) atoms. The predicted molar refractivity (Wildman–Crippen MR) is 97.9 cm³/mol. The highest BCUT2D eigenvalue weighted by molar-refractivity contribution is 6.02. The summed E-state index contributed by atoms with van der Waals surface area (Å²) in [6.07, 6.45) is 5.46. The minimum Gasteiger partial charge on any atom is -0.368 e. The van der Waals surface area contributed by atoms with Gasteiger partial charge in [-0.3, -0.25) is 0 Å². The number of rotatable bonds is 2. The predicted octanol–water partition coefficient (Wildman–Crippen LogP) is 3.12. The van der Waals surface area contributed by atoms with E-state index in [-0.39, 0.29) is 5.95 Å². The summed E-state index contributed by atoms with van der Waals surface area (Å²) < 4.78 is 0. The average molecular weight is 328 g/mol. The first-order valence-electron chi connectivity index (χ1n) is 8.16. The molecule has 5 rings (SSSR count). The van der Waals surface area contributed by atoms with Crippen molar-refractivity contribution in [3.8, 4) is 11.3 Å². The van der Waals surface area contributed by atoms with Crippen molar-refractivity contribution in [2.75, 3.05) is 10.6 Å². The molecule has 6 nitrogen and oxygen atoms in total. The van der Waals surface area contributed by atoms with Gasteiger partial charge in [-0.1, -0.05) is 24.3 Å². The summed E-state index contributed by atoms with van der Waals surface area (Å²) in [6.45, 7) is 1.79. The second kappa shape index (κ2) is 5.31. The van der Waals surface area contributed by atoms with E-state index in [1.54, 1.807) is 6.20 Å². The number of nitrogens with two attached hydrogens (primary N) is 1. The van der Waals surface area contributed by atoms with E-state index in [9.17, 15) is 0 Å². The minimum absolute atomic E-state index is 0.269. The van der Waals surface area contributed by atoms with Crippen LogP contribution in [-0.4, -0.2) is 19.9 Å². The fourth-order valence-corrected chi connectivity index (χ4v) is 3.53. The maximum Gasteiger partial charge on any atom is 0.220 e. The lowest BCUT2D eigenvalue weighted by atomic mass is 10.1. The van der Waals surface area contributed by atoms with Crippen molar-refractivity contribution in [3.63, 3.8) is 0 Å². The van der Waals surface area contributed by atoms with E-state index in [1.165, 1.54) is 11.1 Å². The number of nitrogen functional groups attached to an aromatic ring is 1. The molecule has 0 saturated carbocycles. The molecule has 0 unspecified atom stereocenters. The van der Waals surface area contributed by atoms with Crippen molar-refractivity contribution < 1.29 is 0 Å². The lowest BCUT2D eigenvalue weighted by Gasteiger charge is -2.19. The Labute approximate surface area is 144 Å². The van der Waals surface area contributed by atoms with Gasteiger partial charge in [0.2, 0.25) is 5.95 Å². The highest BCUT2D eigenvalue weighted by Crippen LogP contribution is 2.37. The van der Waals surface area contributed by atoms with Gasteiger partial charge in [-0.15, -0.1) is 0 Å². The zero-order chi connectivity index (χ0) is 16.8. The molecule has 6 heteroatoms. The third kappa shape index (κ3) is 2.22. The molecule has 3 N–H and O–H groups in total. The second-order valence-corrected chi connectivity index (χ2v) is 6.18. The van der Waals surface area contributed by atoms with Crippen LogP contribution in [0.1, 0.15) is 11.1 Å². The van der Waals surface area contributed by atoms with Crippen molar-refractivity contribution in [2.45, 2.75) is 13.1 Å². The van der Waals surface area contributed by atoms with Crippen LogP contribution < -0.4 is 10.6 Å². The third-order valence-electron chi connectivity index (χ3n) is 4.68. The molecule has 0 atom stereocenters. The van der Waals surface area contributed by atoms with Gasteiger partial charge in [0.15, 0.2) is 0 Å². The molecule has 3 aromatic heterocycles. The maximum absolute atomic E-state index is 5.77. The average Bonchev–Trinajstić information content (AvgIpc) is 3.25. The highest BCUT2D eigenvalue weighted by Gasteiger charge is 2.22. The Morgan fingerprint density at radius 2 is 1.72 bits per heavy atom. The Kier molecular flexibility index (Phi) is 2.97. The quantitative estimate of drug-likeness (QED) is 0.590. The molecular formula is C19H16N6. The number of pyridine rings is 1. The van der Waals surface area contributed by atoms with E-state index in [2.05, 4.69) is 55.2 Å². The topological polar surface area (TPSA) is 83.7 Å². The van der Waals surface area contributed by atoms with Gasteiger partial charge in [0.05, 0.1) is 16.8 Å². The molecule has 4 heterocycles. The first kappa shape index (κ1) is 14.0. The molecule has 0 radical (unpaired) electrons. The number of H-pyrrole nitrogens is 1. The van der Waals surface area contributed by atoms with E-state index < -0.39 is 0 Å². The standard InChI is InChI=1S/C19H16N6/c20-19-22-7-5-15(24-19)14-9-23-18-17(14)16(6-8-21-18)25-10-12-3-1-2-4-13(12)11-25/h1-9H,10-11H2,(H,21,23)(H2,20,22,24). The SMILES string of the molecule is Nc1nccc(-c2c[nH]c3nccc(N4Cc5ccccc5C4)c23)n1. The normalized spacial score (nSPS) is 13.4. The summed E-state index contributed by atoms with van der Waals surface area (Å²) in [5, 5.41) is 1.06. The van der Waals surface area contributed by atoms with Gasteiger partial charge in [0, 0.05) is 37.2 Å². The summed E-state index contributed by atoms with van der Waals surface area (Å²) in [6, 6.07) is 12.5. The van der Waals surface area contributed by atoms with Crippen molar-refractivity contribution in [2.24, 2.45) is 0 Å². The summed E-state index contributed by atoms with van der Waals surface area (Å²) in [7, 11) is 0. The third-order valence-corrected chi connectivity index (χ3v) is 4.68. The maximum atomic E-state index is 5.77. The van der Waals surface area contributed by atoms with Crippen molar-refractivity contribution >= 4 is 22.7 Å². The van der Waals surface area contributed by atoms with Crippen LogP contribution in [-0.2, 0) is 13.1 Å². The summed E-state index contributed by atoms with van der Waals surface area (Å²) in [5.74, 6) is 0.269. The van der Waals surface area contributed by atoms with Crippen LogP contribution in [0.15, 0.2) is 55.0 Å². The van der Waals surface area contributed by atoms with E-state index in [0.29, 0.717) is 0 Å². The van der Waals surface area contributed by atoms with Gasteiger partial charge in [0.1, 0.15) is 5.65 Å². The molecule has 1 aliphatic rings. The van der Waals surface area contributed by atoms with Crippen LogP contribution in [0.5, 0.6) is 0 Å². The molecule has 0 amide bonds. The number of benzene rings is 1. The number of anilines is 2. The molecule has 0 saturated heterocycles. The molecule has 122 valence electrons. The van der Waals surface area contributed by atoms with Gasteiger partial charge < -0.3 is 15.6 Å². The number of nitrogens with one attached hydrogen (secondary N) is 1. The van der Waals surface area contributed by atoms with Gasteiger partial charge in [-0.2, -0.15) is 0 Å². The Morgan fingerprint density at radius 3 is 2.48 bits per heavy atom. The smallest absolute Gasteiger partial charge is 0.220 e. The fraction of sp³-hybridized carbons (Fsp3) is 0.105. The number of nitrogens with zero attached hydrogens (tertiary/aromatic N) is 4. The largest absolute Gasteiger partial charge is 0.368 e. The van der Waals surface area contributed by atoms with Crippen LogP contribution in [0.3, 0.4) is 0 Å². The monoisotopic (exact) mass is 328 g/mol. The molecule has 1 aliphatic heterocycles. The molecular weight excluding hydrogens is 312 g/mol. The molecule has 0 spiro atoms. The second-order valence-electron chi connectivity index (χ2n) is 6.18. The minimum atomic E-state index is 0.269. The Bertz CT molecular complexity index is 1060. The Balaban J connectivity index is 1.66. The molecule has 1 aromatic carbocycles. The Hall–Kier alpha value is -3.41. The van der Waals surface area contributed by atoms with Crippen LogP contribution in [0.25, 0.3) is 22.3 Å². The van der Waals surface area contributed by atoms with Crippen LogP contribution in [0.2, 0.25) is 0 Å². The van der Waals surface area contributed by atoms with E-state index in [4.69, 9.17) is 5.73 Å². The van der Waals surface area contributed by atoms with Gasteiger partial charge in [0.25, 0.3) is 0 Å². The highest BCUT2D eigenvalue weighted by atomic mass is 15.2. The number of aromatic amines is 1. The summed E-state index contributed by atoms with van der Waals surface area (Å²) >= 11 is 0. The zero-order valence-corrected chi connectivity index (χ0v) is 13.5. The van der Waals surface area contributed by atoms with E-state index >= 15 is 0 Å². The molecule has 0 bridgehead atoms. The first-order chi connectivity index (χ1) is 12.3. The van der Waals surface area contributed by atoms with Gasteiger partial charge in [-0.25, -0.2) is 15.0 Å². The first-order valence-corrected chi connectivity index (χ1v) is 8.16. The lowest BCUT2D eigenvalue weighted by molar-refractivity contribution is 0.884. The van der Waals surface area contributed by atoms with Crippen molar-refractivity contribution in [3.05, 3.63) is 66.1 Å². The van der Waals surface area contributed by atoms with Crippen molar-refractivity contribution in [1.29, 1.82) is 0 Å². The molecule has 0 aliphatic carbocycles. The fourth-order valence-electron chi connectivity index (χ4n) is 3.53. The Morgan fingerprint density at radius 1 is 0.960 bits per heavy atom. The summed E-state index contributed by atoms with van der Waals surface area (Å²) in [5.41, 5.74) is 12.3. The van der Waals surface area contributed by atoms with Crippen LogP contribution in [0, 0.1) is 0 Å². The number of hydrogen-bond donors (Lipinski definition) is 2. The van der Waals surface area contributed by atoms with E-state index in [1.807, 2.05) is 18.5 Å². The van der Waals surface area contributed by atoms with E-state index in [0.717, 1.165) is 41.1 Å². The number of hydrogen-bond acceptors (Lipinski definition) is 5. The van der Waals surface area contributed by atoms with Crippen LogP contribution in [0.4, 0.5) is 11.6 Å². The van der Waals surface area contributed by atoms with Gasteiger partial charge >= 0.3 is 0 Å². The number of fused-ring (bicyclic) bond motifs is 2. The zero-order valence-electron chi connectivity index (χ0n) is 13.5. The lowest BCUT2D eigenvalue weighted by Crippen LogP contribution is -2.15. The van der Waals surface area contributed by atoms with Crippen molar-refractivity contribution in [1.82, 2.24) is 19.9 Å². The van der Waals surface area contributed by atoms with Gasteiger partial charge in [-0.05, 0) is 23.3 Å². The molecule has 4 aromatic rings. The van der Waals surface area contributed by atoms with Crippen LogP contribution >= 0.6 is 0 Å². The summed E-state index contributed by atoms with van der Waals surface area (Å²) in [4.78, 5) is 18.5.